The third kappa shape index (κ3) is 3.68. The minimum atomic E-state index is 0.210. The van der Waals surface area contributed by atoms with Crippen LogP contribution in [0, 0.1) is 0 Å². The highest BCUT2D eigenvalue weighted by Gasteiger charge is 2.24. The summed E-state index contributed by atoms with van der Waals surface area (Å²) in [6.45, 7) is 6.49. The Labute approximate surface area is 141 Å². The third-order valence-electron chi connectivity index (χ3n) is 3.96. The van der Waals surface area contributed by atoms with Crippen LogP contribution < -0.4 is 9.47 Å². The molecule has 7 nitrogen and oxygen atoms in total. The van der Waals surface area contributed by atoms with Gasteiger partial charge in [0.2, 0.25) is 11.7 Å². The molecule has 7 heteroatoms. The van der Waals surface area contributed by atoms with Crippen LogP contribution in [-0.2, 0) is 11.3 Å². The molecular formula is C17H23N3O4. The number of rotatable bonds is 5. The van der Waals surface area contributed by atoms with Crippen molar-refractivity contribution in [2.45, 2.75) is 32.6 Å². The summed E-state index contributed by atoms with van der Waals surface area (Å²) < 4.78 is 21.7. The van der Waals surface area contributed by atoms with Gasteiger partial charge in [0.15, 0.2) is 11.5 Å². The molecule has 1 fully saturated rings. The van der Waals surface area contributed by atoms with Crippen LogP contribution in [0.15, 0.2) is 22.7 Å². The number of aromatic nitrogens is 2. The van der Waals surface area contributed by atoms with E-state index in [-0.39, 0.29) is 12.2 Å². The maximum atomic E-state index is 5.74. The largest absolute Gasteiger partial charge is 0.493 e. The first-order chi connectivity index (χ1) is 11.6. The number of nitrogens with zero attached hydrogens (tertiary/aromatic N) is 3. The van der Waals surface area contributed by atoms with E-state index in [1.165, 1.54) is 0 Å². The van der Waals surface area contributed by atoms with Crippen molar-refractivity contribution in [3.63, 3.8) is 0 Å². The normalized spacial score (nSPS) is 21.7. The monoisotopic (exact) mass is 333 g/mol. The molecule has 1 aromatic carbocycles. The van der Waals surface area contributed by atoms with Crippen molar-refractivity contribution in [1.82, 2.24) is 15.0 Å². The predicted molar refractivity (Wildman–Crippen MR) is 88.1 cm³/mol. The van der Waals surface area contributed by atoms with E-state index < -0.39 is 0 Å². The van der Waals surface area contributed by atoms with E-state index in [4.69, 9.17) is 18.7 Å². The molecule has 0 bridgehead atoms. The Bertz CT molecular complexity index is 678. The van der Waals surface area contributed by atoms with E-state index in [2.05, 4.69) is 28.9 Å². The molecule has 1 aromatic heterocycles. The maximum absolute atomic E-state index is 5.74. The first kappa shape index (κ1) is 16.7. The Morgan fingerprint density at radius 3 is 2.50 bits per heavy atom. The zero-order valence-electron chi connectivity index (χ0n) is 14.5. The molecule has 0 unspecified atom stereocenters. The highest BCUT2D eigenvalue weighted by molar-refractivity contribution is 5.60. The molecule has 0 N–H and O–H groups in total. The van der Waals surface area contributed by atoms with Crippen LogP contribution in [0.4, 0.5) is 0 Å². The smallest absolute Gasteiger partial charge is 0.241 e. The van der Waals surface area contributed by atoms with Crippen molar-refractivity contribution in [1.29, 1.82) is 0 Å². The van der Waals surface area contributed by atoms with Gasteiger partial charge in [-0.05, 0) is 32.0 Å². The summed E-state index contributed by atoms with van der Waals surface area (Å²) in [6, 6.07) is 5.55. The summed E-state index contributed by atoms with van der Waals surface area (Å²) >= 11 is 0. The predicted octanol–water partition coefficient (Wildman–Crippen LogP) is 2.36. The molecule has 0 amide bonds. The number of hydrogen-bond acceptors (Lipinski definition) is 7. The van der Waals surface area contributed by atoms with Gasteiger partial charge in [0.25, 0.3) is 0 Å². The first-order valence-electron chi connectivity index (χ1n) is 8.02. The van der Waals surface area contributed by atoms with Crippen molar-refractivity contribution in [2.75, 3.05) is 27.3 Å². The average molecular weight is 333 g/mol. The molecule has 0 radical (unpaired) electrons. The zero-order valence-corrected chi connectivity index (χ0v) is 14.5. The lowest BCUT2D eigenvalue weighted by Crippen LogP contribution is -2.44. The summed E-state index contributed by atoms with van der Waals surface area (Å²) in [5, 5.41) is 4.08. The van der Waals surface area contributed by atoms with E-state index in [0.29, 0.717) is 29.8 Å². The van der Waals surface area contributed by atoms with Crippen LogP contribution in [0.5, 0.6) is 11.5 Å². The molecule has 2 aromatic rings. The summed E-state index contributed by atoms with van der Waals surface area (Å²) in [4.78, 5) is 6.77. The summed E-state index contributed by atoms with van der Waals surface area (Å²) in [7, 11) is 3.21. The number of hydrogen-bond donors (Lipinski definition) is 0. The highest BCUT2D eigenvalue weighted by Crippen LogP contribution is 2.31. The lowest BCUT2D eigenvalue weighted by atomic mass is 10.2. The van der Waals surface area contributed by atoms with Gasteiger partial charge in [0.1, 0.15) is 0 Å². The number of morpholine rings is 1. The van der Waals surface area contributed by atoms with Gasteiger partial charge >= 0.3 is 0 Å². The zero-order chi connectivity index (χ0) is 17.1. The molecule has 2 atom stereocenters. The summed E-state index contributed by atoms with van der Waals surface area (Å²) in [5.41, 5.74) is 0.825. The number of methoxy groups -OCH3 is 2. The molecule has 0 saturated carbocycles. The second-order valence-electron chi connectivity index (χ2n) is 6.03. The van der Waals surface area contributed by atoms with Crippen molar-refractivity contribution >= 4 is 0 Å². The van der Waals surface area contributed by atoms with E-state index >= 15 is 0 Å². The van der Waals surface area contributed by atoms with Gasteiger partial charge in [-0.25, -0.2) is 0 Å². The van der Waals surface area contributed by atoms with Gasteiger partial charge in [-0.3, -0.25) is 4.90 Å². The third-order valence-corrected chi connectivity index (χ3v) is 3.96. The van der Waals surface area contributed by atoms with E-state index in [1.54, 1.807) is 14.2 Å². The van der Waals surface area contributed by atoms with E-state index in [1.807, 2.05) is 18.2 Å². The SMILES string of the molecule is COc1ccc(-c2noc(CN3C[C@H](C)O[C@@H](C)C3)n2)cc1OC. The molecule has 24 heavy (non-hydrogen) atoms. The fraction of sp³-hybridized carbons (Fsp3) is 0.529. The second-order valence-corrected chi connectivity index (χ2v) is 6.03. The van der Waals surface area contributed by atoms with Gasteiger partial charge in [0.05, 0.1) is 33.0 Å². The van der Waals surface area contributed by atoms with Crippen LogP contribution >= 0.6 is 0 Å². The molecule has 130 valence electrons. The van der Waals surface area contributed by atoms with Gasteiger partial charge < -0.3 is 18.7 Å². The van der Waals surface area contributed by atoms with Crippen molar-refractivity contribution < 1.29 is 18.7 Å². The van der Waals surface area contributed by atoms with Gasteiger partial charge in [-0.15, -0.1) is 0 Å². The number of benzene rings is 1. The lowest BCUT2D eigenvalue weighted by Gasteiger charge is -2.34. The van der Waals surface area contributed by atoms with E-state index in [9.17, 15) is 0 Å². The van der Waals surface area contributed by atoms with Crippen molar-refractivity contribution in [3.8, 4) is 22.9 Å². The minimum absolute atomic E-state index is 0.210. The molecular weight excluding hydrogens is 310 g/mol. The Hall–Kier alpha value is -2.12. The van der Waals surface area contributed by atoms with Gasteiger partial charge in [-0.2, -0.15) is 4.98 Å². The van der Waals surface area contributed by atoms with Crippen molar-refractivity contribution in [3.05, 3.63) is 24.1 Å². The quantitative estimate of drug-likeness (QED) is 0.832. The Kier molecular flexibility index (Phi) is 5.01. The summed E-state index contributed by atoms with van der Waals surface area (Å²) in [6.07, 6.45) is 0.420. The molecule has 1 saturated heterocycles. The van der Waals surface area contributed by atoms with Crippen LogP contribution in [0.3, 0.4) is 0 Å². The minimum Gasteiger partial charge on any atom is -0.493 e. The fourth-order valence-electron chi connectivity index (χ4n) is 3.02. The van der Waals surface area contributed by atoms with Gasteiger partial charge in [-0.1, -0.05) is 5.16 Å². The van der Waals surface area contributed by atoms with Crippen LogP contribution in [0.1, 0.15) is 19.7 Å². The standard InChI is InChI=1S/C17H23N3O4/c1-11-8-20(9-12(2)23-11)10-16-18-17(19-24-16)13-5-6-14(21-3)15(7-13)22-4/h5-7,11-12H,8-10H2,1-4H3/t11-,12-/m0/s1. The summed E-state index contributed by atoms with van der Waals surface area (Å²) in [5.74, 6) is 2.44. The molecule has 0 spiro atoms. The fourth-order valence-corrected chi connectivity index (χ4v) is 3.02. The maximum Gasteiger partial charge on any atom is 0.241 e. The number of ether oxygens (including phenoxy) is 3. The Morgan fingerprint density at radius 1 is 1.12 bits per heavy atom. The Morgan fingerprint density at radius 2 is 1.83 bits per heavy atom. The molecule has 1 aliphatic heterocycles. The first-order valence-corrected chi connectivity index (χ1v) is 8.02. The topological polar surface area (TPSA) is 69.9 Å². The van der Waals surface area contributed by atoms with Crippen LogP contribution in [-0.4, -0.2) is 54.6 Å². The van der Waals surface area contributed by atoms with Crippen molar-refractivity contribution in [2.24, 2.45) is 0 Å². The molecule has 2 heterocycles. The van der Waals surface area contributed by atoms with Crippen LogP contribution in [0.25, 0.3) is 11.4 Å². The molecule has 3 rings (SSSR count). The second kappa shape index (κ2) is 7.19. The molecule has 0 aliphatic carbocycles. The van der Waals surface area contributed by atoms with E-state index in [0.717, 1.165) is 18.7 Å². The molecule has 1 aliphatic rings. The van der Waals surface area contributed by atoms with Gasteiger partial charge in [0, 0.05) is 18.7 Å². The van der Waals surface area contributed by atoms with Crippen LogP contribution in [0.2, 0.25) is 0 Å². The lowest BCUT2D eigenvalue weighted by molar-refractivity contribution is -0.0725. The highest BCUT2D eigenvalue weighted by atomic mass is 16.5. The Balaban J connectivity index is 1.73. The average Bonchev–Trinajstić information content (AvgIpc) is 3.01.